The molecule has 1 atom stereocenters. The number of hydrogen-bond donors (Lipinski definition) is 2. The lowest BCUT2D eigenvalue weighted by Crippen LogP contribution is -2.36. The maximum atomic E-state index is 3.57. The van der Waals surface area contributed by atoms with Gasteiger partial charge in [0.25, 0.3) is 0 Å². The molecule has 0 radical (unpaired) electrons. The van der Waals surface area contributed by atoms with Crippen molar-refractivity contribution in [1.82, 2.24) is 10.6 Å². The van der Waals surface area contributed by atoms with Crippen molar-refractivity contribution in [3.05, 3.63) is 0 Å². The molecular weight excluding hydrogens is 184 g/mol. The van der Waals surface area contributed by atoms with Gasteiger partial charge in [0.2, 0.25) is 0 Å². The number of nitrogens with one attached hydrogen (secondary N) is 2. The molecule has 1 heterocycles. The van der Waals surface area contributed by atoms with Crippen molar-refractivity contribution in [2.24, 2.45) is 0 Å². The minimum Gasteiger partial charge on any atom is -0.317 e. The van der Waals surface area contributed by atoms with Crippen LogP contribution in [0, 0.1) is 0 Å². The van der Waals surface area contributed by atoms with E-state index in [0.29, 0.717) is 0 Å². The summed E-state index contributed by atoms with van der Waals surface area (Å²) < 4.78 is 0. The summed E-state index contributed by atoms with van der Waals surface area (Å²) in [6, 6.07) is 0.794. The van der Waals surface area contributed by atoms with Crippen molar-refractivity contribution in [2.75, 3.05) is 19.6 Å². The maximum Gasteiger partial charge on any atom is 0.00791 e. The first kappa shape index (κ1) is 14.9. The molecule has 0 bridgehead atoms. The zero-order valence-electron chi connectivity index (χ0n) is 10.9. The van der Waals surface area contributed by atoms with E-state index in [4.69, 9.17) is 0 Å². The van der Waals surface area contributed by atoms with Gasteiger partial charge in [-0.15, -0.1) is 0 Å². The minimum atomic E-state index is 0.794. The molecule has 2 N–H and O–H groups in total. The van der Waals surface area contributed by atoms with Gasteiger partial charge in [0.15, 0.2) is 0 Å². The lowest BCUT2D eigenvalue weighted by molar-refractivity contribution is 0.376. The first-order valence-corrected chi connectivity index (χ1v) is 6.87. The number of hydrogen-bond acceptors (Lipinski definition) is 2. The monoisotopic (exact) mass is 214 g/mol. The van der Waals surface area contributed by atoms with Crippen LogP contribution in [0.1, 0.15) is 59.3 Å². The molecule has 92 valence electrons. The van der Waals surface area contributed by atoms with Crippen LogP contribution < -0.4 is 10.6 Å². The zero-order valence-corrected chi connectivity index (χ0v) is 10.9. The molecule has 15 heavy (non-hydrogen) atoms. The topological polar surface area (TPSA) is 24.1 Å². The summed E-state index contributed by atoms with van der Waals surface area (Å²) in [7, 11) is 0. The van der Waals surface area contributed by atoms with E-state index in [0.717, 1.165) is 6.04 Å². The fraction of sp³-hybridized carbons (Fsp3) is 1.00. The third-order valence-electron chi connectivity index (χ3n) is 2.79. The molecule has 2 nitrogen and oxygen atoms in total. The molecule has 1 aliphatic heterocycles. The van der Waals surface area contributed by atoms with Gasteiger partial charge in [0, 0.05) is 6.04 Å². The average molecular weight is 214 g/mol. The van der Waals surface area contributed by atoms with Gasteiger partial charge in [-0.25, -0.2) is 0 Å². The van der Waals surface area contributed by atoms with Gasteiger partial charge < -0.3 is 10.6 Å². The summed E-state index contributed by atoms with van der Waals surface area (Å²) in [4.78, 5) is 0. The fourth-order valence-electron chi connectivity index (χ4n) is 1.87. The molecule has 0 spiro atoms. The first-order valence-electron chi connectivity index (χ1n) is 6.87. The van der Waals surface area contributed by atoms with E-state index < -0.39 is 0 Å². The molecule has 1 fully saturated rings. The Morgan fingerprint density at radius 2 is 2.00 bits per heavy atom. The predicted molar refractivity (Wildman–Crippen MR) is 69.4 cm³/mol. The van der Waals surface area contributed by atoms with Gasteiger partial charge in [-0.1, -0.05) is 33.6 Å². The summed E-state index contributed by atoms with van der Waals surface area (Å²) >= 11 is 0. The van der Waals surface area contributed by atoms with E-state index in [1.54, 1.807) is 0 Å². The second-order valence-electron chi connectivity index (χ2n) is 4.04. The van der Waals surface area contributed by atoms with Crippen molar-refractivity contribution >= 4 is 0 Å². The molecule has 1 rings (SSSR count). The van der Waals surface area contributed by atoms with Crippen LogP contribution in [0.5, 0.6) is 0 Å². The molecular formula is C13H30N2. The van der Waals surface area contributed by atoms with Crippen molar-refractivity contribution in [2.45, 2.75) is 65.3 Å². The molecule has 0 aliphatic carbocycles. The fourth-order valence-corrected chi connectivity index (χ4v) is 1.87. The highest BCUT2D eigenvalue weighted by molar-refractivity contribution is 4.72. The molecule has 1 unspecified atom stereocenters. The number of unbranched alkanes of at least 4 members (excludes halogenated alkanes) is 1. The third kappa shape index (κ3) is 8.88. The standard InChI is InChI=1S/C11H24N2.C2H6/c1-2-3-8-12-10-7-11-6-4-5-9-13-11;1-2/h11-13H,2-10H2,1H3;1-2H3. The maximum absolute atomic E-state index is 3.57. The van der Waals surface area contributed by atoms with Crippen LogP contribution >= 0.6 is 0 Å². The van der Waals surface area contributed by atoms with Crippen molar-refractivity contribution in [1.29, 1.82) is 0 Å². The molecule has 2 heteroatoms. The second kappa shape index (κ2) is 12.0. The van der Waals surface area contributed by atoms with Crippen LogP contribution in [-0.2, 0) is 0 Å². The molecule has 0 aromatic rings. The Morgan fingerprint density at radius 3 is 2.60 bits per heavy atom. The molecule has 1 aliphatic rings. The highest BCUT2D eigenvalue weighted by Gasteiger charge is 2.10. The summed E-state index contributed by atoms with van der Waals surface area (Å²) in [6.45, 7) is 9.87. The van der Waals surface area contributed by atoms with Crippen LogP contribution in [0.15, 0.2) is 0 Å². The van der Waals surface area contributed by atoms with Gasteiger partial charge in [-0.2, -0.15) is 0 Å². The zero-order chi connectivity index (χ0) is 11.4. The van der Waals surface area contributed by atoms with Crippen LogP contribution in [0.2, 0.25) is 0 Å². The van der Waals surface area contributed by atoms with Crippen molar-refractivity contribution < 1.29 is 0 Å². The van der Waals surface area contributed by atoms with Crippen LogP contribution in [0.3, 0.4) is 0 Å². The lowest BCUT2D eigenvalue weighted by Gasteiger charge is -2.23. The van der Waals surface area contributed by atoms with Gasteiger partial charge >= 0.3 is 0 Å². The molecule has 0 saturated carbocycles. The van der Waals surface area contributed by atoms with E-state index in [9.17, 15) is 0 Å². The van der Waals surface area contributed by atoms with Gasteiger partial charge in [-0.3, -0.25) is 0 Å². The molecule has 1 saturated heterocycles. The Kier molecular flexibility index (Phi) is 11.9. The van der Waals surface area contributed by atoms with Gasteiger partial charge in [-0.05, 0) is 45.3 Å². The summed E-state index contributed by atoms with van der Waals surface area (Å²) in [5, 5.41) is 7.06. The summed E-state index contributed by atoms with van der Waals surface area (Å²) in [5.41, 5.74) is 0. The Bertz CT molecular complexity index is 109. The van der Waals surface area contributed by atoms with E-state index in [-0.39, 0.29) is 0 Å². The Labute approximate surface area is 96.2 Å². The SMILES string of the molecule is CC.CCCCNCCC1CCCCN1. The van der Waals surface area contributed by atoms with Crippen LogP contribution in [0.25, 0.3) is 0 Å². The van der Waals surface area contributed by atoms with Crippen LogP contribution in [0.4, 0.5) is 0 Å². The van der Waals surface area contributed by atoms with E-state index in [1.807, 2.05) is 13.8 Å². The van der Waals surface area contributed by atoms with Crippen molar-refractivity contribution in [3.8, 4) is 0 Å². The Hall–Kier alpha value is -0.0800. The third-order valence-corrected chi connectivity index (χ3v) is 2.79. The van der Waals surface area contributed by atoms with Gasteiger partial charge in [0.05, 0.1) is 0 Å². The quantitative estimate of drug-likeness (QED) is 0.664. The van der Waals surface area contributed by atoms with E-state index in [1.165, 1.54) is 58.2 Å². The average Bonchev–Trinajstić information content (AvgIpc) is 2.33. The van der Waals surface area contributed by atoms with Gasteiger partial charge in [0.1, 0.15) is 0 Å². The smallest absolute Gasteiger partial charge is 0.00791 e. The Balaban J connectivity index is 0.000000921. The van der Waals surface area contributed by atoms with E-state index in [2.05, 4.69) is 17.6 Å². The molecule has 0 amide bonds. The van der Waals surface area contributed by atoms with Crippen molar-refractivity contribution in [3.63, 3.8) is 0 Å². The van der Waals surface area contributed by atoms with Crippen LogP contribution in [-0.4, -0.2) is 25.7 Å². The highest BCUT2D eigenvalue weighted by Crippen LogP contribution is 2.08. The minimum absolute atomic E-state index is 0.794. The van der Waals surface area contributed by atoms with E-state index >= 15 is 0 Å². The normalized spacial score (nSPS) is 20.6. The lowest BCUT2D eigenvalue weighted by atomic mass is 10.0. The molecule has 0 aromatic carbocycles. The largest absolute Gasteiger partial charge is 0.317 e. The Morgan fingerprint density at radius 1 is 1.20 bits per heavy atom. The molecule has 0 aromatic heterocycles. The number of piperidine rings is 1. The number of rotatable bonds is 6. The second-order valence-corrected chi connectivity index (χ2v) is 4.04. The predicted octanol–water partition coefficient (Wildman–Crippen LogP) is 2.93. The summed E-state index contributed by atoms with van der Waals surface area (Å²) in [6.07, 6.45) is 8.11. The summed E-state index contributed by atoms with van der Waals surface area (Å²) in [5.74, 6) is 0. The first-order chi connectivity index (χ1) is 7.43. The highest BCUT2D eigenvalue weighted by atomic mass is 14.9.